The van der Waals surface area contributed by atoms with Crippen LogP contribution in [0.4, 0.5) is 5.69 Å². The minimum Gasteiger partial charge on any atom is -0.490 e. The van der Waals surface area contributed by atoms with Crippen molar-refractivity contribution in [2.24, 2.45) is 10.9 Å². The Labute approximate surface area is 155 Å². The maximum Gasteiger partial charge on any atom is 0.270 e. The smallest absolute Gasteiger partial charge is 0.270 e. The minimum atomic E-state index is -0.453. The summed E-state index contributed by atoms with van der Waals surface area (Å²) >= 11 is 0. The Morgan fingerprint density at radius 1 is 1.30 bits per heavy atom. The van der Waals surface area contributed by atoms with Crippen LogP contribution in [0.15, 0.2) is 35.4 Å². The lowest BCUT2D eigenvalue weighted by molar-refractivity contribution is -0.385. The molecular weight excluding hydrogens is 354 g/mol. The fourth-order valence-electron chi connectivity index (χ4n) is 2.73. The number of nitro benzene ring substituents is 1. The van der Waals surface area contributed by atoms with Crippen molar-refractivity contribution in [3.8, 4) is 17.2 Å². The summed E-state index contributed by atoms with van der Waals surface area (Å²) < 4.78 is 22.2. The number of fused-ring (bicyclic) bond motifs is 1. The van der Waals surface area contributed by atoms with E-state index in [1.54, 1.807) is 18.2 Å². The van der Waals surface area contributed by atoms with Crippen LogP contribution in [0.25, 0.3) is 0 Å². The number of nitrogens with zero attached hydrogens (tertiary/aromatic N) is 2. The average molecular weight is 373 g/mol. The molecule has 0 amide bonds. The number of nitrogens with two attached hydrogens (primary N) is 1. The molecule has 0 saturated heterocycles. The first-order valence-corrected chi connectivity index (χ1v) is 8.26. The molecule has 2 aromatic carbocycles. The van der Waals surface area contributed by atoms with E-state index in [1.165, 1.54) is 18.3 Å². The molecule has 0 spiro atoms. The number of nitro groups is 1. The molecule has 0 bridgehead atoms. The molecule has 1 heterocycles. The predicted octanol–water partition coefficient (Wildman–Crippen LogP) is 2.73. The summed E-state index contributed by atoms with van der Waals surface area (Å²) in [5.74, 6) is 6.76. The molecule has 0 aliphatic carbocycles. The normalized spacial score (nSPS) is 13.1. The van der Waals surface area contributed by atoms with E-state index in [2.05, 4.69) is 5.10 Å². The Balaban J connectivity index is 1.88. The van der Waals surface area contributed by atoms with Gasteiger partial charge in [0.1, 0.15) is 12.4 Å². The molecule has 2 N–H and O–H groups in total. The number of benzene rings is 2. The van der Waals surface area contributed by atoms with E-state index in [0.29, 0.717) is 35.0 Å². The van der Waals surface area contributed by atoms with Crippen LogP contribution < -0.4 is 20.1 Å². The summed E-state index contributed by atoms with van der Waals surface area (Å²) in [6.07, 6.45) is 1.50. The molecule has 1 aliphatic heterocycles. The summed E-state index contributed by atoms with van der Waals surface area (Å²) in [6, 6.07) is 8.16. The molecule has 0 fully saturated rings. The van der Waals surface area contributed by atoms with E-state index in [4.69, 9.17) is 24.8 Å². The van der Waals surface area contributed by atoms with Crippen molar-refractivity contribution in [1.29, 1.82) is 0 Å². The van der Waals surface area contributed by atoms with Gasteiger partial charge in [0, 0.05) is 23.3 Å². The molecule has 0 atom stereocenters. The molecular formula is C18H19N3O6. The van der Waals surface area contributed by atoms with Crippen molar-refractivity contribution in [3.63, 3.8) is 0 Å². The van der Waals surface area contributed by atoms with E-state index in [1.807, 2.05) is 6.92 Å². The summed E-state index contributed by atoms with van der Waals surface area (Å²) in [5.41, 5.74) is 1.91. The Bertz CT molecular complexity index is 868. The van der Waals surface area contributed by atoms with Crippen LogP contribution >= 0.6 is 0 Å². The molecule has 0 saturated carbocycles. The van der Waals surface area contributed by atoms with Crippen LogP contribution in [0.5, 0.6) is 17.2 Å². The van der Waals surface area contributed by atoms with Gasteiger partial charge in [-0.3, -0.25) is 10.1 Å². The summed E-state index contributed by atoms with van der Waals surface area (Å²) in [7, 11) is 0. The van der Waals surface area contributed by atoms with Gasteiger partial charge < -0.3 is 24.8 Å². The molecule has 142 valence electrons. The summed E-state index contributed by atoms with van der Waals surface area (Å²) in [6.45, 7) is 2.73. The zero-order valence-electron chi connectivity index (χ0n) is 14.7. The Hall–Kier alpha value is -3.33. The Morgan fingerprint density at radius 3 is 2.89 bits per heavy atom. The highest BCUT2D eigenvalue weighted by Gasteiger charge is 2.21. The van der Waals surface area contributed by atoms with E-state index in [9.17, 15) is 10.1 Å². The van der Waals surface area contributed by atoms with Gasteiger partial charge in [-0.25, -0.2) is 0 Å². The highest BCUT2D eigenvalue weighted by atomic mass is 16.7. The van der Waals surface area contributed by atoms with Crippen LogP contribution in [-0.2, 0) is 18.0 Å². The van der Waals surface area contributed by atoms with Crippen LogP contribution in [-0.4, -0.2) is 24.5 Å². The number of hydrazone groups is 1. The van der Waals surface area contributed by atoms with Crippen molar-refractivity contribution < 1.29 is 23.9 Å². The van der Waals surface area contributed by atoms with Crippen LogP contribution in [0, 0.1) is 10.1 Å². The monoisotopic (exact) mass is 373 g/mol. The first-order chi connectivity index (χ1) is 13.1. The standard InChI is InChI=1S/C18H19N3O6/c1-2-25-17-5-12(8-20-19)3-4-16(17)26-10-14-7-15(21(22)23)6-13-9-24-11-27-18(13)14/h3-8H,2,9-11,19H2,1H3/b20-8-. The fraction of sp³-hybridized carbons (Fsp3) is 0.278. The molecule has 1 aliphatic rings. The zero-order valence-corrected chi connectivity index (χ0v) is 14.7. The van der Waals surface area contributed by atoms with Gasteiger partial charge in [0.25, 0.3) is 5.69 Å². The topological polar surface area (TPSA) is 118 Å². The zero-order chi connectivity index (χ0) is 19.2. The van der Waals surface area contributed by atoms with Gasteiger partial charge in [-0.1, -0.05) is 0 Å². The average Bonchev–Trinajstić information content (AvgIpc) is 2.67. The van der Waals surface area contributed by atoms with Crippen LogP contribution in [0.3, 0.4) is 0 Å². The number of hydrogen-bond acceptors (Lipinski definition) is 8. The van der Waals surface area contributed by atoms with E-state index < -0.39 is 4.92 Å². The second-order valence-corrected chi connectivity index (χ2v) is 5.67. The number of non-ortho nitro benzene ring substituents is 1. The fourth-order valence-corrected chi connectivity index (χ4v) is 2.73. The lowest BCUT2D eigenvalue weighted by Crippen LogP contribution is -2.14. The van der Waals surface area contributed by atoms with Crippen molar-refractivity contribution in [3.05, 3.63) is 57.1 Å². The molecule has 0 unspecified atom stereocenters. The quantitative estimate of drug-likeness (QED) is 0.343. The highest BCUT2D eigenvalue weighted by Crippen LogP contribution is 2.35. The third-order valence-electron chi connectivity index (χ3n) is 3.86. The van der Waals surface area contributed by atoms with E-state index in [-0.39, 0.29) is 25.7 Å². The van der Waals surface area contributed by atoms with Gasteiger partial charge in [0.2, 0.25) is 0 Å². The molecule has 0 radical (unpaired) electrons. The van der Waals surface area contributed by atoms with Gasteiger partial charge >= 0.3 is 0 Å². The van der Waals surface area contributed by atoms with Gasteiger partial charge in [-0.05, 0) is 30.7 Å². The third kappa shape index (κ3) is 4.26. The summed E-state index contributed by atoms with van der Waals surface area (Å²) in [5, 5.41) is 14.7. The largest absolute Gasteiger partial charge is 0.490 e. The second-order valence-electron chi connectivity index (χ2n) is 5.67. The maximum absolute atomic E-state index is 11.2. The highest BCUT2D eigenvalue weighted by molar-refractivity contribution is 5.80. The maximum atomic E-state index is 11.2. The first kappa shape index (κ1) is 18.5. The molecule has 0 aromatic heterocycles. The lowest BCUT2D eigenvalue weighted by Gasteiger charge is -2.21. The van der Waals surface area contributed by atoms with Crippen LogP contribution in [0.2, 0.25) is 0 Å². The van der Waals surface area contributed by atoms with Gasteiger partial charge in [-0.15, -0.1) is 0 Å². The van der Waals surface area contributed by atoms with E-state index in [0.717, 1.165) is 5.56 Å². The Morgan fingerprint density at radius 2 is 2.15 bits per heavy atom. The van der Waals surface area contributed by atoms with Gasteiger partial charge in [-0.2, -0.15) is 5.10 Å². The van der Waals surface area contributed by atoms with Crippen molar-refractivity contribution in [1.82, 2.24) is 0 Å². The van der Waals surface area contributed by atoms with Gasteiger partial charge in [0.15, 0.2) is 18.3 Å². The molecule has 27 heavy (non-hydrogen) atoms. The van der Waals surface area contributed by atoms with Crippen molar-refractivity contribution in [2.45, 2.75) is 20.1 Å². The first-order valence-electron chi connectivity index (χ1n) is 8.26. The minimum absolute atomic E-state index is 0.0408. The van der Waals surface area contributed by atoms with Crippen molar-refractivity contribution >= 4 is 11.9 Å². The lowest BCUT2D eigenvalue weighted by atomic mass is 10.1. The van der Waals surface area contributed by atoms with Crippen molar-refractivity contribution in [2.75, 3.05) is 13.4 Å². The molecule has 3 rings (SSSR count). The third-order valence-corrected chi connectivity index (χ3v) is 3.86. The molecule has 2 aromatic rings. The van der Waals surface area contributed by atoms with Gasteiger partial charge in [0.05, 0.1) is 24.4 Å². The van der Waals surface area contributed by atoms with E-state index >= 15 is 0 Å². The summed E-state index contributed by atoms with van der Waals surface area (Å²) in [4.78, 5) is 10.7. The number of rotatable bonds is 7. The molecule has 9 heteroatoms. The number of ether oxygens (including phenoxy) is 4. The Kier molecular flexibility index (Phi) is 5.72. The SMILES string of the molecule is CCOc1cc(/C=N\N)ccc1OCc1cc([N+](=O)[O-])cc2c1OCOC2. The predicted molar refractivity (Wildman–Crippen MR) is 97.1 cm³/mol. The number of hydrogen-bond donors (Lipinski definition) is 1. The second kappa shape index (κ2) is 8.37. The molecule has 9 nitrogen and oxygen atoms in total. The van der Waals surface area contributed by atoms with Crippen LogP contribution in [0.1, 0.15) is 23.6 Å².